The van der Waals surface area contributed by atoms with E-state index in [1.165, 1.54) is 5.69 Å². The smallest absolute Gasteiger partial charge is 0.229 e. The van der Waals surface area contributed by atoms with Gasteiger partial charge in [-0.3, -0.25) is 19.4 Å². The molecule has 0 aliphatic carbocycles. The highest BCUT2D eigenvalue weighted by Crippen LogP contribution is 2.42. The van der Waals surface area contributed by atoms with Gasteiger partial charge in [-0.1, -0.05) is 6.07 Å². The van der Waals surface area contributed by atoms with E-state index in [1.54, 1.807) is 6.20 Å². The maximum absolute atomic E-state index is 13.2. The Morgan fingerprint density at radius 3 is 2.73 bits per heavy atom. The van der Waals surface area contributed by atoms with Crippen LogP contribution in [0.4, 0.5) is 0 Å². The first-order chi connectivity index (χ1) is 12.7. The number of carbonyl (C=O) groups is 1. The van der Waals surface area contributed by atoms with Crippen LogP contribution < -0.4 is 0 Å². The van der Waals surface area contributed by atoms with Gasteiger partial charge in [0.05, 0.1) is 11.1 Å². The summed E-state index contributed by atoms with van der Waals surface area (Å²) in [5.74, 6) is 0.351. The van der Waals surface area contributed by atoms with Gasteiger partial charge in [-0.25, -0.2) is 0 Å². The van der Waals surface area contributed by atoms with Crippen LogP contribution >= 0.6 is 0 Å². The number of amides is 1. The molecule has 1 amide bonds. The summed E-state index contributed by atoms with van der Waals surface area (Å²) in [4.78, 5) is 21.9. The van der Waals surface area contributed by atoms with Crippen molar-refractivity contribution in [3.63, 3.8) is 0 Å². The van der Waals surface area contributed by atoms with Gasteiger partial charge in [-0.2, -0.15) is 5.10 Å². The molecule has 0 unspecified atom stereocenters. The average molecular weight is 353 g/mol. The standard InChI is InChI=1S/C20H27N5O/c1-23-18(5-10-22-23)16-24-11-3-6-20(7-12-24)8-13-25(19(20)26)15-17-4-2-9-21-14-17/h2,4-5,9-10,14H,3,6-8,11-13,15-16H2,1H3/t20-/m1/s1. The summed E-state index contributed by atoms with van der Waals surface area (Å²) in [6, 6.07) is 6.07. The normalized spacial score (nSPS) is 24.3. The van der Waals surface area contributed by atoms with Crippen LogP contribution in [0.25, 0.3) is 0 Å². The lowest BCUT2D eigenvalue weighted by atomic mass is 9.79. The van der Waals surface area contributed by atoms with Crippen molar-refractivity contribution in [2.75, 3.05) is 19.6 Å². The minimum atomic E-state index is -0.149. The molecule has 26 heavy (non-hydrogen) atoms. The van der Waals surface area contributed by atoms with Crippen LogP contribution in [-0.2, 0) is 24.9 Å². The number of pyridine rings is 1. The molecular formula is C20H27N5O. The third-order valence-electron chi connectivity index (χ3n) is 6.04. The molecule has 1 spiro atoms. The van der Waals surface area contributed by atoms with E-state index in [-0.39, 0.29) is 5.41 Å². The van der Waals surface area contributed by atoms with Gasteiger partial charge >= 0.3 is 0 Å². The van der Waals surface area contributed by atoms with Crippen LogP contribution in [0.15, 0.2) is 36.8 Å². The zero-order chi connectivity index (χ0) is 18.0. The Kier molecular flexibility index (Phi) is 4.76. The van der Waals surface area contributed by atoms with E-state index in [0.717, 1.165) is 57.4 Å². The molecule has 2 aromatic rings. The highest BCUT2D eigenvalue weighted by Gasteiger charge is 2.46. The lowest BCUT2D eigenvalue weighted by Gasteiger charge is -2.27. The second-order valence-electron chi connectivity index (χ2n) is 7.69. The first-order valence-electron chi connectivity index (χ1n) is 9.54. The minimum absolute atomic E-state index is 0.149. The number of carbonyl (C=O) groups excluding carboxylic acids is 1. The number of likely N-dealkylation sites (tertiary alicyclic amines) is 2. The Balaban J connectivity index is 1.40. The molecular weight excluding hydrogens is 326 g/mol. The van der Waals surface area contributed by atoms with Crippen molar-refractivity contribution in [1.29, 1.82) is 0 Å². The molecule has 2 saturated heterocycles. The van der Waals surface area contributed by atoms with Crippen LogP contribution in [0.5, 0.6) is 0 Å². The van der Waals surface area contributed by atoms with Crippen molar-refractivity contribution in [1.82, 2.24) is 24.6 Å². The highest BCUT2D eigenvalue weighted by atomic mass is 16.2. The van der Waals surface area contributed by atoms with Crippen molar-refractivity contribution in [3.05, 3.63) is 48.0 Å². The van der Waals surface area contributed by atoms with Gasteiger partial charge < -0.3 is 4.90 Å². The third kappa shape index (κ3) is 3.38. The number of rotatable bonds is 4. The van der Waals surface area contributed by atoms with E-state index in [9.17, 15) is 4.79 Å². The van der Waals surface area contributed by atoms with E-state index in [1.807, 2.05) is 41.2 Å². The maximum Gasteiger partial charge on any atom is 0.229 e. The van der Waals surface area contributed by atoms with E-state index >= 15 is 0 Å². The molecule has 138 valence electrons. The van der Waals surface area contributed by atoms with E-state index in [0.29, 0.717) is 12.5 Å². The molecule has 2 fully saturated rings. The molecule has 4 rings (SSSR count). The lowest BCUT2D eigenvalue weighted by Crippen LogP contribution is -2.35. The molecule has 2 aromatic heterocycles. The van der Waals surface area contributed by atoms with Gasteiger partial charge in [0.2, 0.25) is 5.91 Å². The number of hydrogen-bond acceptors (Lipinski definition) is 4. The van der Waals surface area contributed by atoms with Gasteiger partial charge in [-0.15, -0.1) is 0 Å². The Morgan fingerprint density at radius 1 is 1.08 bits per heavy atom. The van der Waals surface area contributed by atoms with Crippen LogP contribution in [0.1, 0.15) is 36.9 Å². The second kappa shape index (κ2) is 7.19. The summed E-state index contributed by atoms with van der Waals surface area (Å²) >= 11 is 0. The molecule has 0 N–H and O–H groups in total. The predicted molar refractivity (Wildman–Crippen MR) is 99.0 cm³/mol. The molecule has 0 aromatic carbocycles. The maximum atomic E-state index is 13.2. The molecule has 0 radical (unpaired) electrons. The van der Waals surface area contributed by atoms with E-state index < -0.39 is 0 Å². The quantitative estimate of drug-likeness (QED) is 0.846. The molecule has 0 saturated carbocycles. The Morgan fingerprint density at radius 2 is 1.96 bits per heavy atom. The van der Waals surface area contributed by atoms with E-state index in [4.69, 9.17) is 0 Å². The van der Waals surface area contributed by atoms with Crippen molar-refractivity contribution in [2.24, 2.45) is 12.5 Å². The number of aryl methyl sites for hydroxylation is 1. The lowest BCUT2D eigenvalue weighted by molar-refractivity contribution is -0.137. The molecule has 4 heterocycles. The van der Waals surface area contributed by atoms with Crippen molar-refractivity contribution in [3.8, 4) is 0 Å². The number of hydrogen-bond donors (Lipinski definition) is 0. The summed E-state index contributed by atoms with van der Waals surface area (Å²) in [7, 11) is 1.99. The fourth-order valence-corrected chi connectivity index (χ4v) is 4.41. The number of nitrogens with zero attached hydrogens (tertiary/aromatic N) is 5. The van der Waals surface area contributed by atoms with Crippen molar-refractivity contribution in [2.45, 2.75) is 38.8 Å². The van der Waals surface area contributed by atoms with Gasteiger partial charge in [0, 0.05) is 45.3 Å². The summed E-state index contributed by atoms with van der Waals surface area (Å²) in [5, 5.41) is 4.26. The Hall–Kier alpha value is -2.21. The largest absolute Gasteiger partial charge is 0.338 e. The van der Waals surface area contributed by atoms with Gasteiger partial charge in [0.15, 0.2) is 0 Å². The SMILES string of the molecule is Cn1nccc1CN1CCC[C@@]2(CC1)CCN(Cc1cccnc1)C2=O. The summed E-state index contributed by atoms with van der Waals surface area (Å²) < 4.78 is 1.94. The first kappa shape index (κ1) is 17.2. The Bertz CT molecular complexity index is 759. The summed E-state index contributed by atoms with van der Waals surface area (Å²) in [6.45, 7) is 4.52. The highest BCUT2D eigenvalue weighted by molar-refractivity contribution is 5.84. The predicted octanol–water partition coefficient (Wildman–Crippen LogP) is 2.22. The number of aromatic nitrogens is 3. The molecule has 1 atom stereocenters. The molecule has 2 aliphatic heterocycles. The van der Waals surface area contributed by atoms with Gasteiger partial charge in [0.25, 0.3) is 0 Å². The zero-order valence-corrected chi connectivity index (χ0v) is 15.5. The minimum Gasteiger partial charge on any atom is -0.338 e. The summed E-state index contributed by atoms with van der Waals surface area (Å²) in [5.41, 5.74) is 2.20. The van der Waals surface area contributed by atoms with E-state index in [2.05, 4.69) is 21.0 Å². The topological polar surface area (TPSA) is 54.3 Å². The van der Waals surface area contributed by atoms with Crippen LogP contribution in [-0.4, -0.2) is 50.1 Å². The average Bonchev–Trinajstić information content (AvgIpc) is 3.10. The first-order valence-corrected chi connectivity index (χ1v) is 9.54. The Labute approximate surface area is 154 Å². The molecule has 2 aliphatic rings. The second-order valence-corrected chi connectivity index (χ2v) is 7.69. The van der Waals surface area contributed by atoms with Gasteiger partial charge in [0.1, 0.15) is 0 Å². The van der Waals surface area contributed by atoms with Crippen molar-refractivity contribution < 1.29 is 4.79 Å². The monoisotopic (exact) mass is 353 g/mol. The fourth-order valence-electron chi connectivity index (χ4n) is 4.41. The zero-order valence-electron chi connectivity index (χ0n) is 15.5. The summed E-state index contributed by atoms with van der Waals surface area (Å²) in [6.07, 6.45) is 9.55. The van der Waals surface area contributed by atoms with Crippen LogP contribution in [0, 0.1) is 5.41 Å². The molecule has 0 bridgehead atoms. The fraction of sp³-hybridized carbons (Fsp3) is 0.550. The van der Waals surface area contributed by atoms with Crippen LogP contribution in [0.3, 0.4) is 0 Å². The van der Waals surface area contributed by atoms with Gasteiger partial charge in [-0.05, 0) is 56.5 Å². The molecule has 6 heteroatoms. The van der Waals surface area contributed by atoms with Crippen molar-refractivity contribution >= 4 is 5.91 Å². The van der Waals surface area contributed by atoms with Crippen LogP contribution in [0.2, 0.25) is 0 Å². The third-order valence-corrected chi connectivity index (χ3v) is 6.04. The molecule has 6 nitrogen and oxygen atoms in total.